The van der Waals surface area contributed by atoms with Crippen molar-refractivity contribution in [2.45, 2.75) is 0 Å². The molecule has 0 unspecified atom stereocenters. The molecule has 0 aliphatic heterocycles. The molecule has 0 aliphatic carbocycles. The van der Waals surface area contributed by atoms with E-state index < -0.39 is 0 Å². The summed E-state index contributed by atoms with van der Waals surface area (Å²) in [4.78, 5) is 4.12. The van der Waals surface area contributed by atoms with E-state index in [0.717, 1.165) is 0 Å². The van der Waals surface area contributed by atoms with Gasteiger partial charge in [0.15, 0.2) is 0 Å². The fourth-order valence-electron chi connectivity index (χ4n) is 0. The maximum absolute atomic E-state index is 4.21. The molecule has 0 spiro atoms. The summed E-state index contributed by atoms with van der Waals surface area (Å²) in [6.07, 6.45) is 0. The van der Waals surface area contributed by atoms with Gasteiger partial charge in [-0.25, -0.2) is 0 Å². The second kappa shape index (κ2) is 3.84. The van der Waals surface area contributed by atoms with Crippen LogP contribution in [0.15, 0.2) is 0 Å². The van der Waals surface area contributed by atoms with Crippen molar-refractivity contribution in [2.75, 3.05) is 7.11 Å². The molecule has 0 saturated carbocycles. The van der Waals surface area contributed by atoms with Crippen molar-refractivity contribution in [3.63, 3.8) is 0 Å². The van der Waals surface area contributed by atoms with Crippen molar-refractivity contribution in [1.29, 1.82) is 0 Å². The summed E-state index contributed by atoms with van der Waals surface area (Å²) >= 11 is 0.509. The standard InChI is InChI=1S/CH4O2.Tl/c1-3-2;/h2H,1H3;/q;+1/p-1. The zero-order chi connectivity index (χ0) is 3.41. The van der Waals surface area contributed by atoms with E-state index in [0.29, 0.717) is 26.2 Å². The van der Waals surface area contributed by atoms with Crippen LogP contribution in [0.2, 0.25) is 0 Å². The van der Waals surface area contributed by atoms with Gasteiger partial charge in [0.25, 0.3) is 0 Å². The number of hydrogen-bond acceptors (Lipinski definition) is 2. The molecule has 0 aromatic carbocycles. The molecular formula is CH3O2Tl. The Morgan fingerprint density at radius 3 is 2.00 bits per heavy atom. The molecule has 0 bridgehead atoms. The van der Waals surface area contributed by atoms with E-state index in [1.807, 2.05) is 0 Å². The SMILES string of the molecule is CO[O][Tl]. The molecule has 0 aliphatic rings. The number of rotatable bonds is 1. The minimum absolute atomic E-state index is 0.509. The van der Waals surface area contributed by atoms with Crippen molar-refractivity contribution < 1.29 is 7.73 Å². The molecule has 2 nitrogen and oxygen atoms in total. The van der Waals surface area contributed by atoms with Gasteiger partial charge in [-0.2, -0.15) is 0 Å². The van der Waals surface area contributed by atoms with Gasteiger partial charge in [0.1, 0.15) is 0 Å². The van der Waals surface area contributed by atoms with E-state index >= 15 is 0 Å². The van der Waals surface area contributed by atoms with Crippen LogP contribution in [-0.2, 0) is 7.73 Å². The summed E-state index contributed by atoms with van der Waals surface area (Å²) in [6.45, 7) is 0. The fourth-order valence-corrected chi connectivity index (χ4v) is 0. The van der Waals surface area contributed by atoms with E-state index in [4.69, 9.17) is 0 Å². The van der Waals surface area contributed by atoms with Gasteiger partial charge in [0, 0.05) is 0 Å². The van der Waals surface area contributed by atoms with Gasteiger partial charge in [-0.05, 0) is 0 Å². The third-order valence-electron chi connectivity index (χ3n) is 0.0962. The molecule has 0 aromatic rings. The Morgan fingerprint density at radius 2 is 2.00 bits per heavy atom. The topological polar surface area (TPSA) is 18.5 Å². The van der Waals surface area contributed by atoms with Crippen molar-refractivity contribution in [2.24, 2.45) is 0 Å². The molecule has 3 heteroatoms. The van der Waals surface area contributed by atoms with Crippen LogP contribution in [0.1, 0.15) is 0 Å². The second-order valence-corrected chi connectivity index (χ2v) is 1.01. The zero-order valence-electron chi connectivity index (χ0n) is 2.39. The van der Waals surface area contributed by atoms with Gasteiger partial charge in [-0.3, -0.25) is 0 Å². The van der Waals surface area contributed by atoms with Gasteiger partial charge in [0.2, 0.25) is 0 Å². The van der Waals surface area contributed by atoms with Crippen LogP contribution < -0.4 is 0 Å². The normalized spacial score (nSPS) is 7.00. The predicted octanol–water partition coefficient (Wildman–Crippen LogP) is -0.352. The van der Waals surface area contributed by atoms with Crippen LogP contribution in [0.3, 0.4) is 0 Å². The average molecular weight is 251 g/mol. The molecule has 0 radical (unpaired) electrons. The van der Waals surface area contributed by atoms with E-state index in [1.54, 1.807) is 0 Å². The van der Waals surface area contributed by atoms with Gasteiger partial charge in [0.05, 0.1) is 0 Å². The molecule has 4 heavy (non-hydrogen) atoms. The molecule has 0 N–H and O–H groups in total. The van der Waals surface area contributed by atoms with Crippen molar-refractivity contribution in [3.8, 4) is 0 Å². The summed E-state index contributed by atoms with van der Waals surface area (Å²) < 4.78 is 4.21. The Balaban J connectivity index is 1.97. The Morgan fingerprint density at radius 1 is 1.75 bits per heavy atom. The molecule has 0 amide bonds. The molecule has 0 heterocycles. The second-order valence-electron chi connectivity index (χ2n) is 0.263. The van der Waals surface area contributed by atoms with Crippen LogP contribution in [-0.4, -0.2) is 33.3 Å². The Bertz CT molecular complexity index is 8.00. The third-order valence-corrected chi connectivity index (χ3v) is 0.844. The molecule has 22 valence electrons. The monoisotopic (exact) mass is 252 g/mol. The van der Waals surface area contributed by atoms with Crippen LogP contribution >= 0.6 is 0 Å². The minimum atomic E-state index is 0.509. The van der Waals surface area contributed by atoms with E-state index in [1.165, 1.54) is 7.11 Å². The summed E-state index contributed by atoms with van der Waals surface area (Å²) in [5.41, 5.74) is 0. The number of hydrogen-bond donors (Lipinski definition) is 0. The first kappa shape index (κ1) is 4.84. The molecule has 0 atom stereocenters. The Labute approximate surface area is 41.4 Å². The summed E-state index contributed by atoms with van der Waals surface area (Å²) in [6, 6.07) is 0. The van der Waals surface area contributed by atoms with Crippen LogP contribution in [0.5, 0.6) is 0 Å². The molecule has 0 fully saturated rings. The van der Waals surface area contributed by atoms with E-state index in [-0.39, 0.29) is 0 Å². The van der Waals surface area contributed by atoms with Crippen molar-refractivity contribution in [1.82, 2.24) is 0 Å². The van der Waals surface area contributed by atoms with Crippen molar-refractivity contribution in [3.05, 3.63) is 0 Å². The maximum atomic E-state index is 4.21. The first-order valence-electron chi connectivity index (χ1n) is 0.811. The zero-order valence-corrected chi connectivity index (χ0v) is 6.88. The van der Waals surface area contributed by atoms with E-state index in [9.17, 15) is 0 Å². The summed E-state index contributed by atoms with van der Waals surface area (Å²) in [5.74, 6) is 0. The van der Waals surface area contributed by atoms with E-state index in [2.05, 4.69) is 7.73 Å². The Hall–Kier alpha value is 0.842. The summed E-state index contributed by atoms with van der Waals surface area (Å²) in [5, 5.41) is 0. The first-order chi connectivity index (χ1) is 1.91. The third kappa shape index (κ3) is 2.84. The predicted molar refractivity (Wildman–Crippen MR) is 13.8 cm³/mol. The van der Waals surface area contributed by atoms with Crippen molar-refractivity contribution >= 4 is 26.2 Å². The van der Waals surface area contributed by atoms with Crippen LogP contribution in [0.4, 0.5) is 0 Å². The van der Waals surface area contributed by atoms with Crippen LogP contribution in [0, 0.1) is 0 Å². The van der Waals surface area contributed by atoms with Gasteiger partial charge in [-0.15, -0.1) is 0 Å². The molecule has 0 rings (SSSR count). The summed E-state index contributed by atoms with van der Waals surface area (Å²) in [7, 11) is 1.50. The average Bonchev–Trinajstić information content (AvgIpc) is 1.37. The molecule has 0 aromatic heterocycles. The fraction of sp³-hybridized carbons (Fsp3) is 1.00. The molecular weight excluding hydrogens is 248 g/mol. The first-order valence-corrected chi connectivity index (χ1v) is 2.64. The van der Waals surface area contributed by atoms with Gasteiger partial charge >= 0.3 is 41.1 Å². The molecule has 0 saturated heterocycles. The van der Waals surface area contributed by atoms with Gasteiger partial charge in [-0.1, -0.05) is 0 Å². The van der Waals surface area contributed by atoms with Gasteiger partial charge < -0.3 is 0 Å². The quantitative estimate of drug-likeness (QED) is 0.360. The Kier molecular flexibility index (Phi) is 4.65. The van der Waals surface area contributed by atoms with Crippen LogP contribution in [0.25, 0.3) is 0 Å².